The fourth-order valence-electron chi connectivity index (χ4n) is 4.62. The third-order valence-corrected chi connectivity index (χ3v) is 6.73. The largest absolute Gasteiger partial charge is 0.338 e. The van der Waals surface area contributed by atoms with Crippen molar-refractivity contribution in [2.45, 2.75) is 39.0 Å². The van der Waals surface area contributed by atoms with E-state index >= 15 is 0 Å². The molecule has 0 unspecified atom stereocenters. The lowest BCUT2D eigenvalue weighted by atomic mass is 10.0. The summed E-state index contributed by atoms with van der Waals surface area (Å²) in [5, 5.41) is 0. The van der Waals surface area contributed by atoms with E-state index in [1.807, 2.05) is 18.2 Å². The highest BCUT2D eigenvalue weighted by Gasteiger charge is 2.28. The van der Waals surface area contributed by atoms with Gasteiger partial charge in [0.15, 0.2) is 0 Å². The van der Waals surface area contributed by atoms with E-state index in [-0.39, 0.29) is 11.4 Å². The molecule has 0 saturated heterocycles. The number of benzene rings is 2. The van der Waals surface area contributed by atoms with Gasteiger partial charge in [-0.1, -0.05) is 36.4 Å². The van der Waals surface area contributed by atoms with Gasteiger partial charge in [0.25, 0.3) is 5.56 Å². The molecule has 0 fully saturated rings. The fraction of sp³-hybridized carbons (Fsp3) is 0.333. The van der Waals surface area contributed by atoms with Crippen LogP contribution in [0.4, 0.5) is 10.3 Å². The van der Waals surface area contributed by atoms with Gasteiger partial charge < -0.3 is 9.47 Å². The molecule has 0 radical (unpaired) electrons. The monoisotopic (exact) mass is 482 g/mol. The van der Waals surface area contributed by atoms with Crippen LogP contribution in [0.25, 0.3) is 0 Å². The molecule has 31 heavy (non-hydrogen) atoms. The molecule has 2 aromatic carbocycles. The van der Waals surface area contributed by atoms with Gasteiger partial charge in [-0.25, -0.2) is 4.39 Å². The number of rotatable bonds is 4. The lowest BCUT2D eigenvalue weighted by molar-refractivity contribution is 0.237. The zero-order valence-electron chi connectivity index (χ0n) is 17.2. The van der Waals surface area contributed by atoms with Gasteiger partial charge in [0, 0.05) is 51.4 Å². The van der Waals surface area contributed by atoms with Gasteiger partial charge in [0.05, 0.1) is 10.0 Å². The highest BCUT2D eigenvalue weighted by molar-refractivity contribution is 9.10. The zero-order valence-corrected chi connectivity index (χ0v) is 18.8. The highest BCUT2D eigenvalue weighted by Crippen LogP contribution is 2.27. The smallest absolute Gasteiger partial charge is 0.279 e. The summed E-state index contributed by atoms with van der Waals surface area (Å²) < 4.78 is 16.3. The van der Waals surface area contributed by atoms with Crippen molar-refractivity contribution in [2.75, 3.05) is 18.0 Å². The van der Waals surface area contributed by atoms with E-state index < -0.39 is 0 Å². The van der Waals surface area contributed by atoms with E-state index in [0.29, 0.717) is 17.6 Å². The number of hydrogen-bond donors (Lipinski definition) is 0. The molecule has 3 aromatic rings. The van der Waals surface area contributed by atoms with Gasteiger partial charge in [0.1, 0.15) is 5.82 Å². The average Bonchev–Trinajstić information content (AvgIpc) is 2.78. The van der Waals surface area contributed by atoms with Crippen molar-refractivity contribution in [2.24, 2.45) is 0 Å². The molecule has 0 N–H and O–H groups in total. The summed E-state index contributed by atoms with van der Waals surface area (Å²) in [7, 11) is 0. The van der Waals surface area contributed by atoms with Gasteiger partial charge in [0.2, 0.25) is 5.95 Å². The van der Waals surface area contributed by atoms with Crippen LogP contribution in [0, 0.1) is 5.82 Å². The number of fused-ring (bicyclic) bond motifs is 3. The predicted molar refractivity (Wildman–Crippen MR) is 123 cm³/mol. The summed E-state index contributed by atoms with van der Waals surface area (Å²) in [5.41, 5.74) is 4.09. The Bertz CT molecular complexity index is 1160. The molecule has 0 aliphatic carbocycles. The van der Waals surface area contributed by atoms with Crippen molar-refractivity contribution in [3.05, 3.63) is 91.6 Å². The second kappa shape index (κ2) is 8.55. The molecule has 5 rings (SSSR count). The van der Waals surface area contributed by atoms with Gasteiger partial charge in [-0.15, -0.1) is 0 Å². The van der Waals surface area contributed by atoms with Crippen LogP contribution >= 0.6 is 15.9 Å². The van der Waals surface area contributed by atoms with Gasteiger partial charge >= 0.3 is 0 Å². The first-order chi connectivity index (χ1) is 15.1. The van der Waals surface area contributed by atoms with E-state index in [9.17, 15) is 9.18 Å². The van der Waals surface area contributed by atoms with E-state index in [1.165, 1.54) is 11.6 Å². The maximum Gasteiger partial charge on any atom is 0.279 e. The molecule has 0 atom stereocenters. The molecule has 3 heterocycles. The van der Waals surface area contributed by atoms with E-state index in [1.54, 1.807) is 12.1 Å². The molecular weight excluding hydrogens is 459 g/mol. The Morgan fingerprint density at radius 2 is 1.84 bits per heavy atom. The summed E-state index contributed by atoms with van der Waals surface area (Å²) >= 11 is 3.26. The second-order valence-electron chi connectivity index (χ2n) is 8.26. The van der Waals surface area contributed by atoms with Crippen molar-refractivity contribution >= 4 is 21.9 Å². The fourth-order valence-corrected chi connectivity index (χ4v) is 5.04. The van der Waals surface area contributed by atoms with Crippen LogP contribution in [0.1, 0.15) is 28.8 Å². The van der Waals surface area contributed by atoms with Crippen molar-refractivity contribution in [3.63, 3.8) is 0 Å². The Balaban J connectivity index is 1.41. The predicted octanol–water partition coefficient (Wildman–Crippen LogP) is 4.11. The Labute approximate surface area is 189 Å². The summed E-state index contributed by atoms with van der Waals surface area (Å²) in [4.78, 5) is 22.0. The van der Waals surface area contributed by atoms with Crippen molar-refractivity contribution in [1.82, 2.24) is 14.5 Å². The maximum atomic E-state index is 13.6. The Morgan fingerprint density at radius 1 is 1.00 bits per heavy atom. The van der Waals surface area contributed by atoms with Crippen LogP contribution in [0.5, 0.6) is 0 Å². The number of hydrogen-bond acceptors (Lipinski definition) is 4. The maximum absolute atomic E-state index is 13.6. The minimum absolute atomic E-state index is 0.119. The molecule has 160 valence electrons. The number of anilines is 1. The Morgan fingerprint density at radius 3 is 2.65 bits per heavy atom. The average molecular weight is 483 g/mol. The minimum atomic E-state index is -0.272. The Hall–Kier alpha value is -2.51. The first-order valence-corrected chi connectivity index (χ1v) is 11.5. The van der Waals surface area contributed by atoms with Crippen LogP contribution < -0.4 is 10.5 Å². The van der Waals surface area contributed by atoms with Crippen LogP contribution in [-0.2, 0) is 32.6 Å². The van der Waals surface area contributed by atoms with E-state index in [0.717, 1.165) is 61.8 Å². The standard InChI is InChI=1S/C24H24BrFN4O/c25-20-13-18(7-8-21(20)26)15-29-10-4-11-30-22-9-12-28(14-17-5-2-1-3-6-17)16-19(22)23(31)27-24(29)30/h1-3,5-8,13H,4,9-12,14-16H2. The summed E-state index contributed by atoms with van der Waals surface area (Å²) in [6.07, 6.45) is 1.85. The first kappa shape index (κ1) is 20.4. The molecule has 1 aromatic heterocycles. The van der Waals surface area contributed by atoms with Crippen molar-refractivity contribution in [1.29, 1.82) is 0 Å². The number of aromatic nitrogens is 2. The minimum Gasteiger partial charge on any atom is -0.338 e. The van der Waals surface area contributed by atoms with E-state index in [2.05, 4.69) is 47.4 Å². The van der Waals surface area contributed by atoms with Crippen molar-refractivity contribution < 1.29 is 4.39 Å². The van der Waals surface area contributed by atoms with Crippen molar-refractivity contribution in [3.8, 4) is 0 Å². The third kappa shape index (κ3) is 4.16. The molecule has 5 nitrogen and oxygen atoms in total. The number of nitrogens with zero attached hydrogens (tertiary/aromatic N) is 4. The topological polar surface area (TPSA) is 41.4 Å². The SMILES string of the molecule is O=c1nc2n(c3c1CN(Cc1ccccc1)CC3)CCCN2Cc1ccc(F)c(Br)c1. The molecule has 7 heteroatoms. The molecule has 2 aliphatic rings. The zero-order chi connectivity index (χ0) is 21.4. The normalized spacial score (nSPS) is 16.1. The van der Waals surface area contributed by atoms with Gasteiger partial charge in [-0.3, -0.25) is 9.69 Å². The second-order valence-corrected chi connectivity index (χ2v) is 9.12. The molecule has 2 aliphatic heterocycles. The molecule has 0 saturated carbocycles. The van der Waals surface area contributed by atoms with Crippen LogP contribution in [0.3, 0.4) is 0 Å². The van der Waals surface area contributed by atoms with Crippen LogP contribution in [-0.4, -0.2) is 27.5 Å². The molecular formula is C24H24BrFN4O. The quantitative estimate of drug-likeness (QED) is 0.560. The summed E-state index contributed by atoms with van der Waals surface area (Å²) in [6, 6.07) is 15.4. The third-order valence-electron chi connectivity index (χ3n) is 6.12. The number of halogens is 2. The Kier molecular flexibility index (Phi) is 5.63. The molecule has 0 spiro atoms. The van der Waals surface area contributed by atoms with Crippen LogP contribution in [0.15, 0.2) is 57.8 Å². The lowest BCUT2D eigenvalue weighted by Crippen LogP contribution is -2.42. The summed E-state index contributed by atoms with van der Waals surface area (Å²) in [6.45, 7) is 4.72. The van der Waals surface area contributed by atoms with E-state index in [4.69, 9.17) is 0 Å². The molecule has 0 amide bonds. The molecule has 0 bridgehead atoms. The highest BCUT2D eigenvalue weighted by atomic mass is 79.9. The lowest BCUT2D eigenvalue weighted by Gasteiger charge is -2.36. The van der Waals surface area contributed by atoms with Gasteiger partial charge in [-0.05, 0) is 45.6 Å². The summed E-state index contributed by atoms with van der Waals surface area (Å²) in [5.74, 6) is 0.471. The van der Waals surface area contributed by atoms with Crippen LogP contribution in [0.2, 0.25) is 0 Å². The van der Waals surface area contributed by atoms with Gasteiger partial charge in [-0.2, -0.15) is 4.98 Å². The first-order valence-electron chi connectivity index (χ1n) is 10.7.